The van der Waals surface area contributed by atoms with E-state index in [1.165, 1.54) is 10.8 Å². The molecule has 2 aromatic carbocycles. The Morgan fingerprint density at radius 3 is 2.42 bits per heavy atom. The number of fused-ring (bicyclic) bond motifs is 1. The van der Waals surface area contributed by atoms with Crippen LogP contribution in [-0.4, -0.2) is 26.6 Å². The lowest BCUT2D eigenvalue weighted by molar-refractivity contribution is 0.102. The molecule has 0 fully saturated rings. The highest BCUT2D eigenvalue weighted by molar-refractivity contribution is 6.30. The summed E-state index contributed by atoms with van der Waals surface area (Å²) in [5.74, 6) is 0.242. The number of amides is 1. The van der Waals surface area contributed by atoms with Crippen molar-refractivity contribution in [2.75, 3.05) is 11.9 Å². The summed E-state index contributed by atoms with van der Waals surface area (Å²) in [6.07, 6.45) is 1.51. The molecular formula is C22H19ClN4O4. The van der Waals surface area contributed by atoms with E-state index in [-0.39, 0.29) is 16.6 Å². The molecule has 1 amide bonds. The van der Waals surface area contributed by atoms with Crippen LogP contribution in [0, 0.1) is 0 Å². The van der Waals surface area contributed by atoms with Crippen molar-refractivity contribution in [1.82, 2.24) is 14.1 Å². The Hall–Kier alpha value is -3.78. The molecule has 158 valence electrons. The minimum Gasteiger partial charge on any atom is -0.494 e. The van der Waals surface area contributed by atoms with Gasteiger partial charge in [-0.1, -0.05) is 11.6 Å². The maximum Gasteiger partial charge on any atom is 0.333 e. The summed E-state index contributed by atoms with van der Waals surface area (Å²) < 4.78 is 7.92. The number of halogens is 1. The molecule has 0 aliphatic heterocycles. The standard InChI is InChI=1S/C22H19ClN4O4/c1-3-31-16-10-6-14(7-11-16)24-20(28)17-12-26(2)19-18(17)25-22(30)27(21(19)29)15-8-4-13(23)5-9-15/h4-12H,3H2,1-2H3,(H,24,28)(H,25,30). The molecule has 0 atom stereocenters. The van der Waals surface area contributed by atoms with Crippen LogP contribution in [0.4, 0.5) is 5.69 Å². The summed E-state index contributed by atoms with van der Waals surface area (Å²) in [6.45, 7) is 2.43. The Balaban J connectivity index is 1.74. The molecular weight excluding hydrogens is 420 g/mol. The molecule has 31 heavy (non-hydrogen) atoms. The Morgan fingerprint density at radius 1 is 1.10 bits per heavy atom. The fraction of sp³-hybridized carbons (Fsp3) is 0.136. The largest absolute Gasteiger partial charge is 0.494 e. The number of aryl methyl sites for hydroxylation is 1. The number of anilines is 1. The van der Waals surface area contributed by atoms with Crippen molar-refractivity contribution in [3.8, 4) is 11.4 Å². The Labute approximate surface area is 181 Å². The van der Waals surface area contributed by atoms with Gasteiger partial charge in [0.1, 0.15) is 11.3 Å². The zero-order valence-corrected chi connectivity index (χ0v) is 17.6. The molecule has 0 spiro atoms. The van der Waals surface area contributed by atoms with Gasteiger partial charge in [-0.25, -0.2) is 9.36 Å². The van der Waals surface area contributed by atoms with Gasteiger partial charge >= 0.3 is 5.69 Å². The van der Waals surface area contributed by atoms with Crippen LogP contribution in [0.1, 0.15) is 17.3 Å². The van der Waals surface area contributed by atoms with Gasteiger partial charge in [0.05, 0.1) is 23.4 Å². The van der Waals surface area contributed by atoms with Gasteiger partial charge < -0.3 is 19.6 Å². The van der Waals surface area contributed by atoms with Gasteiger partial charge in [0.15, 0.2) is 0 Å². The second-order valence-corrected chi connectivity index (χ2v) is 7.27. The monoisotopic (exact) mass is 438 g/mol. The average molecular weight is 439 g/mol. The van der Waals surface area contributed by atoms with Crippen molar-refractivity contribution in [3.05, 3.63) is 86.2 Å². The number of aromatic amines is 1. The summed E-state index contributed by atoms with van der Waals surface area (Å²) in [6, 6.07) is 13.3. The van der Waals surface area contributed by atoms with E-state index in [0.29, 0.717) is 28.8 Å². The Bertz CT molecular complexity index is 1380. The highest BCUT2D eigenvalue weighted by Gasteiger charge is 2.20. The van der Waals surface area contributed by atoms with Crippen LogP contribution in [0.15, 0.2) is 64.3 Å². The highest BCUT2D eigenvalue weighted by Crippen LogP contribution is 2.20. The van der Waals surface area contributed by atoms with Gasteiger partial charge in [0.25, 0.3) is 11.5 Å². The van der Waals surface area contributed by atoms with Crippen LogP contribution in [0.3, 0.4) is 0 Å². The predicted octanol–water partition coefficient (Wildman–Crippen LogP) is 3.32. The Kier molecular flexibility index (Phi) is 5.39. The van der Waals surface area contributed by atoms with Crippen molar-refractivity contribution in [3.63, 3.8) is 0 Å². The molecule has 2 N–H and O–H groups in total. The number of hydrogen-bond donors (Lipinski definition) is 2. The minimum absolute atomic E-state index is 0.172. The molecule has 9 heteroatoms. The quantitative estimate of drug-likeness (QED) is 0.499. The first kappa shape index (κ1) is 20.5. The van der Waals surface area contributed by atoms with Gasteiger partial charge in [0.2, 0.25) is 0 Å². The van der Waals surface area contributed by atoms with Crippen molar-refractivity contribution in [1.29, 1.82) is 0 Å². The van der Waals surface area contributed by atoms with Crippen LogP contribution in [0.2, 0.25) is 5.02 Å². The van der Waals surface area contributed by atoms with Crippen LogP contribution in [-0.2, 0) is 7.05 Å². The van der Waals surface area contributed by atoms with Crippen molar-refractivity contribution in [2.45, 2.75) is 6.92 Å². The molecule has 0 aliphatic rings. The third-order valence-electron chi connectivity index (χ3n) is 4.77. The second kappa shape index (κ2) is 8.16. The van der Waals surface area contributed by atoms with E-state index in [2.05, 4.69) is 10.3 Å². The first-order valence-electron chi connectivity index (χ1n) is 9.53. The normalized spacial score (nSPS) is 10.9. The zero-order valence-electron chi connectivity index (χ0n) is 16.8. The molecule has 0 aliphatic carbocycles. The van der Waals surface area contributed by atoms with E-state index < -0.39 is 17.2 Å². The van der Waals surface area contributed by atoms with E-state index in [1.807, 2.05) is 6.92 Å². The molecule has 0 unspecified atom stereocenters. The number of H-pyrrole nitrogens is 1. The number of nitrogens with zero attached hydrogens (tertiary/aromatic N) is 2. The van der Waals surface area contributed by atoms with Gasteiger partial charge in [0, 0.05) is 24.0 Å². The Morgan fingerprint density at radius 2 is 1.77 bits per heavy atom. The third-order valence-corrected chi connectivity index (χ3v) is 5.03. The van der Waals surface area contributed by atoms with Crippen LogP contribution < -0.4 is 21.3 Å². The molecule has 8 nitrogen and oxygen atoms in total. The van der Waals surface area contributed by atoms with Crippen molar-refractivity contribution >= 4 is 34.2 Å². The van der Waals surface area contributed by atoms with Crippen molar-refractivity contribution in [2.24, 2.45) is 7.05 Å². The van der Waals surface area contributed by atoms with Crippen LogP contribution in [0.25, 0.3) is 16.7 Å². The maximum atomic E-state index is 13.1. The molecule has 4 aromatic rings. The molecule has 0 bridgehead atoms. The van der Waals surface area contributed by atoms with Gasteiger partial charge in [-0.15, -0.1) is 0 Å². The maximum absolute atomic E-state index is 13.1. The second-order valence-electron chi connectivity index (χ2n) is 6.84. The summed E-state index contributed by atoms with van der Waals surface area (Å²) in [4.78, 5) is 41.3. The van der Waals surface area contributed by atoms with E-state index >= 15 is 0 Å². The number of nitrogens with one attached hydrogen (secondary N) is 2. The number of ether oxygens (including phenoxy) is 1. The molecule has 0 radical (unpaired) electrons. The molecule has 4 rings (SSSR count). The average Bonchev–Trinajstić information content (AvgIpc) is 3.07. The fourth-order valence-corrected chi connectivity index (χ4v) is 3.49. The molecule has 0 saturated carbocycles. The predicted molar refractivity (Wildman–Crippen MR) is 120 cm³/mol. The summed E-state index contributed by atoms with van der Waals surface area (Å²) in [5, 5.41) is 3.26. The number of carbonyl (C=O) groups is 1. The van der Waals surface area contributed by atoms with E-state index in [0.717, 1.165) is 4.57 Å². The topological polar surface area (TPSA) is 98.1 Å². The lowest BCUT2D eigenvalue weighted by Crippen LogP contribution is -2.34. The highest BCUT2D eigenvalue weighted by atomic mass is 35.5. The first-order valence-corrected chi connectivity index (χ1v) is 9.91. The summed E-state index contributed by atoms with van der Waals surface area (Å²) in [5.41, 5.74) is 0.299. The van der Waals surface area contributed by atoms with Gasteiger partial charge in [-0.2, -0.15) is 0 Å². The van der Waals surface area contributed by atoms with E-state index in [4.69, 9.17) is 16.3 Å². The van der Waals surface area contributed by atoms with Crippen LogP contribution in [0.5, 0.6) is 5.75 Å². The number of carbonyl (C=O) groups excluding carboxylic acids is 1. The van der Waals surface area contributed by atoms with Crippen molar-refractivity contribution < 1.29 is 9.53 Å². The number of benzene rings is 2. The first-order chi connectivity index (χ1) is 14.9. The van der Waals surface area contributed by atoms with E-state index in [1.54, 1.807) is 55.6 Å². The van der Waals surface area contributed by atoms with Gasteiger partial charge in [-0.3, -0.25) is 9.59 Å². The lowest BCUT2D eigenvalue weighted by atomic mass is 10.2. The fourth-order valence-electron chi connectivity index (χ4n) is 3.37. The number of aromatic nitrogens is 3. The SMILES string of the molecule is CCOc1ccc(NC(=O)c2cn(C)c3c(=O)n(-c4ccc(Cl)cc4)c(=O)[nH]c23)cc1. The third kappa shape index (κ3) is 3.85. The molecule has 2 heterocycles. The lowest BCUT2D eigenvalue weighted by Gasteiger charge is -2.07. The zero-order chi connectivity index (χ0) is 22.1. The van der Waals surface area contributed by atoms with Gasteiger partial charge in [-0.05, 0) is 55.5 Å². The molecule has 2 aromatic heterocycles. The summed E-state index contributed by atoms with van der Waals surface area (Å²) in [7, 11) is 1.64. The van der Waals surface area contributed by atoms with E-state index in [9.17, 15) is 14.4 Å². The smallest absolute Gasteiger partial charge is 0.333 e. The minimum atomic E-state index is -0.652. The van der Waals surface area contributed by atoms with Crippen LogP contribution >= 0.6 is 11.6 Å². The molecule has 0 saturated heterocycles. The summed E-state index contributed by atoms with van der Waals surface area (Å²) >= 11 is 5.90. The number of hydrogen-bond acceptors (Lipinski definition) is 4. The number of rotatable bonds is 5.